The predicted molar refractivity (Wildman–Crippen MR) is 125 cm³/mol. The number of thiazole rings is 2. The average molecular weight is 416 g/mol. The lowest BCUT2D eigenvalue weighted by atomic mass is 10.1. The van der Waals surface area contributed by atoms with Gasteiger partial charge in [0.15, 0.2) is 11.1 Å². The third-order valence-corrected chi connectivity index (χ3v) is 5.31. The van der Waals surface area contributed by atoms with E-state index in [1.165, 1.54) is 5.56 Å². The van der Waals surface area contributed by atoms with Crippen LogP contribution in [0.25, 0.3) is 22.0 Å². The zero-order valence-corrected chi connectivity index (χ0v) is 18.9. The molecule has 1 aliphatic rings. The molecule has 0 saturated carbocycles. The molecule has 3 heterocycles. The zero-order valence-electron chi connectivity index (χ0n) is 17.2. The number of aromatic nitrogens is 2. The van der Waals surface area contributed by atoms with Crippen molar-refractivity contribution in [3.05, 3.63) is 40.6 Å². The number of aliphatic imine (C=N–C) groups is 1. The maximum absolute atomic E-state index is 4.74. The highest BCUT2D eigenvalue weighted by Gasteiger charge is 2.12. The summed E-state index contributed by atoms with van der Waals surface area (Å²) >= 11 is 3.22. The van der Waals surface area contributed by atoms with Crippen LogP contribution >= 0.6 is 22.7 Å². The van der Waals surface area contributed by atoms with Crippen molar-refractivity contribution in [2.45, 2.75) is 41.0 Å². The quantitative estimate of drug-likeness (QED) is 0.546. The van der Waals surface area contributed by atoms with Crippen LogP contribution in [0, 0.1) is 6.92 Å². The number of aryl methyl sites for hydroxylation is 1. The molecule has 1 aromatic carbocycles. The van der Waals surface area contributed by atoms with Crippen molar-refractivity contribution in [1.82, 2.24) is 15.3 Å². The van der Waals surface area contributed by atoms with Gasteiger partial charge in [-0.3, -0.25) is 4.99 Å². The molecule has 0 saturated heterocycles. The Labute approximate surface area is 176 Å². The zero-order chi connectivity index (χ0) is 20.4. The summed E-state index contributed by atoms with van der Waals surface area (Å²) < 4.78 is 0. The SMILES string of the molecule is CC.CC.Cc1cccc(-c2nc(-c3csc(NC4=NCCCN4)n3)cs2)c1. The lowest BCUT2D eigenvalue weighted by Gasteiger charge is -2.13. The fourth-order valence-corrected chi connectivity index (χ4v) is 3.98. The summed E-state index contributed by atoms with van der Waals surface area (Å²) in [5.74, 6) is 0.806. The van der Waals surface area contributed by atoms with Crippen molar-refractivity contribution < 1.29 is 0 Å². The molecule has 0 bridgehead atoms. The van der Waals surface area contributed by atoms with E-state index in [1.54, 1.807) is 22.7 Å². The molecule has 0 atom stereocenters. The highest BCUT2D eigenvalue weighted by atomic mass is 32.1. The Balaban J connectivity index is 0.000000660. The summed E-state index contributed by atoms with van der Waals surface area (Å²) in [5, 5.41) is 12.4. The van der Waals surface area contributed by atoms with Crippen LogP contribution in [0.1, 0.15) is 39.7 Å². The fourth-order valence-electron chi connectivity index (χ4n) is 2.47. The van der Waals surface area contributed by atoms with Gasteiger partial charge >= 0.3 is 0 Å². The first-order valence-corrected chi connectivity index (χ1v) is 11.6. The first-order valence-electron chi connectivity index (χ1n) is 9.82. The molecule has 0 fully saturated rings. The number of guanidine groups is 1. The smallest absolute Gasteiger partial charge is 0.197 e. The first-order chi connectivity index (χ1) is 13.8. The Hall–Kier alpha value is -2.25. The van der Waals surface area contributed by atoms with Gasteiger partial charge in [0, 0.05) is 29.4 Å². The Kier molecular flexibility index (Phi) is 9.10. The second kappa shape index (κ2) is 11.6. The largest absolute Gasteiger partial charge is 0.356 e. The van der Waals surface area contributed by atoms with Crippen LogP contribution in [0.2, 0.25) is 0 Å². The molecule has 2 N–H and O–H groups in total. The van der Waals surface area contributed by atoms with Crippen molar-refractivity contribution in [1.29, 1.82) is 0 Å². The fraction of sp³-hybridized carbons (Fsp3) is 0.381. The number of benzene rings is 1. The van der Waals surface area contributed by atoms with Crippen molar-refractivity contribution in [3.8, 4) is 22.0 Å². The lowest BCUT2D eigenvalue weighted by molar-refractivity contribution is 0.740. The minimum Gasteiger partial charge on any atom is -0.356 e. The van der Waals surface area contributed by atoms with Crippen LogP contribution in [-0.4, -0.2) is 29.0 Å². The van der Waals surface area contributed by atoms with Crippen LogP contribution in [0.15, 0.2) is 40.0 Å². The number of rotatable bonds is 3. The van der Waals surface area contributed by atoms with E-state index in [0.29, 0.717) is 0 Å². The molecule has 150 valence electrons. The van der Waals surface area contributed by atoms with Crippen molar-refractivity contribution >= 4 is 33.8 Å². The van der Waals surface area contributed by atoms with E-state index in [2.05, 4.69) is 57.2 Å². The molecule has 0 aliphatic carbocycles. The Morgan fingerprint density at radius 2 is 1.75 bits per heavy atom. The van der Waals surface area contributed by atoms with Crippen molar-refractivity contribution in [2.24, 2.45) is 4.99 Å². The van der Waals surface area contributed by atoms with Gasteiger partial charge in [0.05, 0.1) is 0 Å². The van der Waals surface area contributed by atoms with E-state index in [0.717, 1.165) is 52.6 Å². The Morgan fingerprint density at radius 1 is 1.00 bits per heavy atom. The molecule has 2 aromatic heterocycles. The molecular formula is C21H29N5S2. The lowest BCUT2D eigenvalue weighted by Crippen LogP contribution is -2.35. The first kappa shape index (κ1) is 22.0. The van der Waals surface area contributed by atoms with Crippen LogP contribution in [0.3, 0.4) is 0 Å². The predicted octanol–water partition coefficient (Wildman–Crippen LogP) is 6.06. The van der Waals surface area contributed by atoms with E-state index in [-0.39, 0.29) is 0 Å². The molecule has 3 aromatic rings. The van der Waals surface area contributed by atoms with Gasteiger partial charge in [0.25, 0.3) is 0 Å². The molecule has 7 heteroatoms. The van der Waals surface area contributed by atoms with E-state index < -0.39 is 0 Å². The van der Waals surface area contributed by atoms with Crippen molar-refractivity contribution in [3.63, 3.8) is 0 Å². The molecule has 0 spiro atoms. The van der Waals surface area contributed by atoms with Gasteiger partial charge in [-0.25, -0.2) is 9.97 Å². The topological polar surface area (TPSA) is 62.2 Å². The highest BCUT2D eigenvalue weighted by Crippen LogP contribution is 2.30. The van der Waals surface area contributed by atoms with E-state index in [1.807, 2.05) is 33.1 Å². The van der Waals surface area contributed by atoms with Gasteiger partial charge in [0.2, 0.25) is 0 Å². The monoisotopic (exact) mass is 415 g/mol. The number of hydrogen-bond donors (Lipinski definition) is 2. The minimum atomic E-state index is 0.806. The maximum Gasteiger partial charge on any atom is 0.197 e. The third kappa shape index (κ3) is 5.87. The molecule has 0 unspecified atom stereocenters. The number of anilines is 1. The van der Waals surface area contributed by atoms with E-state index in [4.69, 9.17) is 4.98 Å². The summed E-state index contributed by atoms with van der Waals surface area (Å²) in [5.41, 5.74) is 4.21. The second-order valence-corrected chi connectivity index (χ2v) is 7.30. The van der Waals surface area contributed by atoms with Crippen LogP contribution in [-0.2, 0) is 0 Å². The van der Waals surface area contributed by atoms with E-state index in [9.17, 15) is 0 Å². The molecule has 28 heavy (non-hydrogen) atoms. The number of nitrogens with zero attached hydrogens (tertiary/aromatic N) is 3. The molecular weight excluding hydrogens is 386 g/mol. The highest BCUT2D eigenvalue weighted by molar-refractivity contribution is 7.14. The van der Waals surface area contributed by atoms with Crippen molar-refractivity contribution in [2.75, 3.05) is 18.4 Å². The number of hydrogen-bond acceptors (Lipinski definition) is 7. The van der Waals surface area contributed by atoms with Crippen LogP contribution in [0.4, 0.5) is 5.13 Å². The van der Waals surface area contributed by atoms with Gasteiger partial charge < -0.3 is 10.6 Å². The van der Waals surface area contributed by atoms with Gasteiger partial charge in [-0.15, -0.1) is 22.7 Å². The summed E-state index contributed by atoms with van der Waals surface area (Å²) in [6.45, 7) is 11.9. The molecule has 0 amide bonds. The van der Waals surface area contributed by atoms with Gasteiger partial charge in [-0.2, -0.15) is 0 Å². The van der Waals surface area contributed by atoms with Gasteiger partial charge in [-0.1, -0.05) is 51.5 Å². The standard InChI is InChI=1S/C17H17N5S2.2C2H6/c1-11-4-2-5-12(8-11)15-20-13(9-23-15)14-10-24-17(21-14)22-16-18-6-3-7-19-16;2*1-2/h2,4-5,8-10H,3,6-7H2,1H3,(H2,18,19,21,22);2*1-2H3. The second-order valence-electron chi connectivity index (χ2n) is 5.58. The number of nitrogens with one attached hydrogen (secondary N) is 2. The summed E-state index contributed by atoms with van der Waals surface area (Å²) in [7, 11) is 0. The van der Waals surface area contributed by atoms with E-state index >= 15 is 0 Å². The Bertz CT molecular complexity index is 882. The average Bonchev–Trinajstić information content (AvgIpc) is 3.42. The summed E-state index contributed by atoms with van der Waals surface area (Å²) in [4.78, 5) is 13.8. The Morgan fingerprint density at radius 3 is 2.46 bits per heavy atom. The van der Waals surface area contributed by atoms with Crippen LogP contribution in [0.5, 0.6) is 0 Å². The summed E-state index contributed by atoms with van der Waals surface area (Å²) in [6, 6.07) is 8.41. The third-order valence-electron chi connectivity index (χ3n) is 3.66. The molecule has 0 radical (unpaired) electrons. The molecule has 5 nitrogen and oxygen atoms in total. The summed E-state index contributed by atoms with van der Waals surface area (Å²) in [6.07, 6.45) is 1.08. The maximum atomic E-state index is 4.74. The normalized spacial score (nSPS) is 12.5. The minimum absolute atomic E-state index is 0.806. The van der Waals surface area contributed by atoms with Crippen LogP contribution < -0.4 is 10.6 Å². The molecule has 1 aliphatic heterocycles. The van der Waals surface area contributed by atoms with Gasteiger partial charge in [0.1, 0.15) is 16.4 Å². The van der Waals surface area contributed by atoms with Gasteiger partial charge in [-0.05, 0) is 19.4 Å². The molecule has 4 rings (SSSR count).